The number of carbonyl (C=O) groups excluding carboxylic acids is 2. The highest BCUT2D eigenvalue weighted by Crippen LogP contribution is 2.35. The molecule has 1 aliphatic carbocycles. The van der Waals surface area contributed by atoms with E-state index < -0.39 is 5.97 Å². The molecule has 0 unspecified atom stereocenters. The maximum atomic E-state index is 13.4. The molecular formula is C23H32N2O4S. The first-order chi connectivity index (χ1) is 13.9. The van der Waals surface area contributed by atoms with Gasteiger partial charge in [0.05, 0.1) is 10.6 Å². The summed E-state index contributed by atoms with van der Waals surface area (Å²) in [5.74, 6) is 4.98. The fraction of sp³-hybridized carbons (Fsp3) is 0.609. The monoisotopic (exact) mass is 432 g/mol. The first-order valence-corrected chi connectivity index (χ1v) is 11.1. The summed E-state index contributed by atoms with van der Waals surface area (Å²) in [5, 5.41) is 9.76. The Morgan fingerprint density at radius 1 is 1.17 bits per heavy atom. The van der Waals surface area contributed by atoms with Gasteiger partial charge in [0.15, 0.2) is 0 Å². The largest absolute Gasteiger partial charge is 0.477 e. The maximum Gasteiger partial charge on any atom is 0.348 e. The van der Waals surface area contributed by atoms with Gasteiger partial charge in [0.1, 0.15) is 11.4 Å². The van der Waals surface area contributed by atoms with E-state index >= 15 is 0 Å². The van der Waals surface area contributed by atoms with Crippen molar-refractivity contribution in [2.45, 2.75) is 53.4 Å². The van der Waals surface area contributed by atoms with Gasteiger partial charge in [-0.15, -0.1) is 11.3 Å². The number of nitrogens with zero attached hydrogens (tertiary/aromatic N) is 2. The lowest BCUT2D eigenvalue weighted by Crippen LogP contribution is -2.44. The van der Waals surface area contributed by atoms with Gasteiger partial charge >= 0.3 is 5.97 Å². The molecule has 1 aliphatic rings. The third-order valence-electron chi connectivity index (χ3n) is 5.18. The molecule has 0 aromatic carbocycles. The molecule has 30 heavy (non-hydrogen) atoms. The van der Waals surface area contributed by atoms with E-state index in [1.54, 1.807) is 20.2 Å². The van der Waals surface area contributed by atoms with Crippen molar-refractivity contribution in [3.05, 3.63) is 15.8 Å². The summed E-state index contributed by atoms with van der Waals surface area (Å²) >= 11 is 1.04. The highest BCUT2D eigenvalue weighted by molar-refractivity contribution is 7.15. The van der Waals surface area contributed by atoms with Gasteiger partial charge in [0.2, 0.25) is 11.8 Å². The Morgan fingerprint density at radius 3 is 2.27 bits per heavy atom. The zero-order valence-corrected chi connectivity index (χ0v) is 19.6. The second kappa shape index (κ2) is 9.65. The Balaban J connectivity index is 2.47. The first kappa shape index (κ1) is 23.9. The molecule has 1 aromatic heterocycles. The summed E-state index contributed by atoms with van der Waals surface area (Å²) in [7, 11) is 3.25. The van der Waals surface area contributed by atoms with E-state index in [1.807, 2.05) is 20.8 Å². The van der Waals surface area contributed by atoms with E-state index in [0.717, 1.165) is 37.0 Å². The second-order valence-electron chi connectivity index (χ2n) is 9.30. The van der Waals surface area contributed by atoms with Crippen molar-refractivity contribution in [2.75, 3.05) is 25.5 Å². The van der Waals surface area contributed by atoms with Crippen LogP contribution in [-0.4, -0.2) is 48.4 Å². The fourth-order valence-corrected chi connectivity index (χ4v) is 4.19. The molecule has 0 aliphatic heterocycles. The molecule has 1 aromatic rings. The quantitative estimate of drug-likeness (QED) is 0.711. The third kappa shape index (κ3) is 6.33. The summed E-state index contributed by atoms with van der Waals surface area (Å²) < 4.78 is 0. The standard InChI is InChI=1S/C23H32N2O4S/c1-15-7-9-16(10-8-15)21(27)25(14-19(26)24(5)6)18-13-17(11-12-23(2,3)4)30-20(18)22(28)29/h13,15-16H,7-10,14H2,1-6H3,(H,28,29). The lowest BCUT2D eigenvalue weighted by molar-refractivity contribution is -0.130. The van der Waals surface area contributed by atoms with E-state index in [0.29, 0.717) is 10.8 Å². The average Bonchev–Trinajstić information content (AvgIpc) is 3.08. The number of carbonyl (C=O) groups is 3. The van der Waals surface area contributed by atoms with Crippen LogP contribution in [0.1, 0.15) is 67.9 Å². The van der Waals surface area contributed by atoms with Gasteiger partial charge in [-0.2, -0.15) is 0 Å². The van der Waals surface area contributed by atoms with Gasteiger partial charge < -0.3 is 14.9 Å². The van der Waals surface area contributed by atoms with E-state index in [4.69, 9.17) is 0 Å². The van der Waals surface area contributed by atoms with Gasteiger partial charge in [-0.25, -0.2) is 4.79 Å². The molecule has 1 heterocycles. The summed E-state index contributed by atoms with van der Waals surface area (Å²) in [5.41, 5.74) is 0.0347. The van der Waals surface area contributed by atoms with E-state index in [1.165, 1.54) is 9.80 Å². The molecule has 1 saturated carbocycles. The molecule has 164 valence electrons. The number of thiophene rings is 1. The summed E-state index contributed by atoms with van der Waals surface area (Å²) in [6.45, 7) is 7.92. The Labute approximate surface area is 183 Å². The van der Waals surface area contributed by atoms with E-state index in [9.17, 15) is 19.5 Å². The molecule has 0 saturated heterocycles. The van der Waals surface area contributed by atoms with Crippen molar-refractivity contribution < 1.29 is 19.5 Å². The van der Waals surface area contributed by atoms with Crippen molar-refractivity contribution >= 4 is 34.8 Å². The first-order valence-electron chi connectivity index (χ1n) is 10.3. The highest BCUT2D eigenvalue weighted by Gasteiger charge is 2.33. The topological polar surface area (TPSA) is 77.9 Å². The number of carboxylic acid groups (broad SMARTS) is 1. The van der Waals surface area contributed by atoms with Crippen LogP contribution in [0.15, 0.2) is 6.07 Å². The molecule has 0 spiro atoms. The van der Waals surface area contributed by atoms with Gasteiger partial charge in [0.25, 0.3) is 0 Å². The van der Waals surface area contributed by atoms with Crippen molar-refractivity contribution in [1.82, 2.24) is 4.90 Å². The molecule has 2 rings (SSSR count). The number of aromatic carboxylic acids is 1. The summed E-state index contributed by atoms with van der Waals surface area (Å²) in [6.07, 6.45) is 3.44. The zero-order valence-electron chi connectivity index (χ0n) is 18.7. The van der Waals surface area contributed by atoms with Crippen LogP contribution in [-0.2, 0) is 9.59 Å². The number of anilines is 1. The van der Waals surface area contributed by atoms with Crippen LogP contribution in [0.5, 0.6) is 0 Å². The molecule has 7 heteroatoms. The van der Waals surface area contributed by atoms with Crippen LogP contribution < -0.4 is 4.90 Å². The highest BCUT2D eigenvalue weighted by atomic mass is 32.1. The van der Waals surface area contributed by atoms with Crippen molar-refractivity contribution in [3.63, 3.8) is 0 Å². The molecule has 1 N–H and O–H groups in total. The smallest absolute Gasteiger partial charge is 0.348 e. The van der Waals surface area contributed by atoms with Crippen molar-refractivity contribution in [1.29, 1.82) is 0 Å². The summed E-state index contributed by atoms with van der Waals surface area (Å²) in [6, 6.07) is 1.64. The van der Waals surface area contributed by atoms with Crippen molar-refractivity contribution in [2.24, 2.45) is 17.3 Å². The molecule has 2 amide bonds. The van der Waals surface area contributed by atoms with Gasteiger partial charge in [-0.1, -0.05) is 18.8 Å². The molecule has 0 atom stereocenters. The molecular weight excluding hydrogens is 400 g/mol. The van der Waals surface area contributed by atoms with Crippen LogP contribution in [0.25, 0.3) is 0 Å². The van der Waals surface area contributed by atoms with Gasteiger partial charge in [-0.05, 0) is 58.4 Å². The minimum Gasteiger partial charge on any atom is -0.477 e. The Kier molecular flexibility index (Phi) is 7.70. The number of likely N-dealkylation sites (N-methyl/N-ethyl adjacent to an activating group) is 1. The maximum absolute atomic E-state index is 13.4. The Morgan fingerprint density at radius 2 is 1.77 bits per heavy atom. The lowest BCUT2D eigenvalue weighted by Gasteiger charge is -2.31. The van der Waals surface area contributed by atoms with Crippen LogP contribution >= 0.6 is 11.3 Å². The number of hydrogen-bond donors (Lipinski definition) is 1. The average molecular weight is 433 g/mol. The normalized spacial score (nSPS) is 18.9. The predicted molar refractivity (Wildman–Crippen MR) is 120 cm³/mol. The molecule has 0 radical (unpaired) electrons. The van der Waals surface area contributed by atoms with Gasteiger partial charge in [-0.3, -0.25) is 9.59 Å². The van der Waals surface area contributed by atoms with E-state index in [2.05, 4.69) is 18.8 Å². The van der Waals surface area contributed by atoms with Crippen LogP contribution in [0, 0.1) is 29.1 Å². The van der Waals surface area contributed by atoms with Crippen LogP contribution in [0.2, 0.25) is 0 Å². The zero-order chi connectivity index (χ0) is 22.6. The minimum atomic E-state index is -1.12. The Hall–Kier alpha value is -2.33. The second-order valence-corrected chi connectivity index (χ2v) is 10.4. The number of rotatable bonds is 5. The number of hydrogen-bond acceptors (Lipinski definition) is 4. The minimum absolute atomic E-state index is 0.0392. The third-order valence-corrected chi connectivity index (χ3v) is 6.21. The number of carboxylic acids is 1. The van der Waals surface area contributed by atoms with Crippen LogP contribution in [0.4, 0.5) is 5.69 Å². The molecule has 6 nitrogen and oxygen atoms in total. The predicted octanol–water partition coefficient (Wildman–Crippen LogP) is 4.09. The summed E-state index contributed by atoms with van der Waals surface area (Å²) in [4.78, 5) is 41.2. The fourth-order valence-electron chi connectivity index (χ4n) is 3.33. The van der Waals surface area contributed by atoms with Crippen molar-refractivity contribution in [3.8, 4) is 11.8 Å². The Bertz CT molecular complexity index is 862. The SMILES string of the molecule is CC1CCC(C(=O)N(CC(=O)N(C)C)c2cc(C#CC(C)(C)C)sc2C(=O)O)CC1. The molecule has 0 bridgehead atoms. The van der Waals surface area contributed by atoms with Gasteiger partial charge in [0, 0.05) is 25.4 Å². The lowest BCUT2D eigenvalue weighted by atomic mass is 9.82. The molecule has 1 fully saturated rings. The van der Waals surface area contributed by atoms with E-state index in [-0.39, 0.29) is 40.3 Å². The number of amides is 2. The van der Waals surface area contributed by atoms with Crippen LogP contribution in [0.3, 0.4) is 0 Å².